The van der Waals surface area contributed by atoms with Crippen molar-refractivity contribution >= 4 is 28.4 Å². The zero-order valence-corrected chi connectivity index (χ0v) is 9.40. The molecule has 1 aliphatic heterocycles. The number of nitrogen functional groups attached to an aromatic ring is 1. The van der Waals surface area contributed by atoms with Crippen LogP contribution < -0.4 is 5.73 Å². The van der Waals surface area contributed by atoms with Crippen LogP contribution in [0.1, 0.15) is 18.9 Å². The SMILES string of the molecule is Nc1c(I)cnn1C1CCCOC1. The fourth-order valence-corrected chi connectivity index (χ4v) is 1.93. The monoisotopic (exact) mass is 293 g/mol. The van der Waals surface area contributed by atoms with Gasteiger partial charge >= 0.3 is 0 Å². The molecule has 0 aromatic carbocycles. The van der Waals surface area contributed by atoms with Gasteiger partial charge in [-0.15, -0.1) is 0 Å². The molecule has 1 unspecified atom stereocenters. The zero-order chi connectivity index (χ0) is 9.26. The first kappa shape index (κ1) is 9.26. The number of nitrogens with two attached hydrogens (primary N) is 1. The van der Waals surface area contributed by atoms with Crippen molar-refractivity contribution in [1.82, 2.24) is 9.78 Å². The Morgan fingerprint density at radius 3 is 3.08 bits per heavy atom. The molecule has 1 atom stereocenters. The summed E-state index contributed by atoms with van der Waals surface area (Å²) in [5.74, 6) is 0.760. The summed E-state index contributed by atoms with van der Waals surface area (Å²) in [4.78, 5) is 0. The van der Waals surface area contributed by atoms with E-state index >= 15 is 0 Å². The molecule has 1 saturated heterocycles. The molecule has 1 aromatic heterocycles. The summed E-state index contributed by atoms with van der Waals surface area (Å²) in [7, 11) is 0. The number of anilines is 1. The van der Waals surface area contributed by atoms with E-state index in [1.54, 1.807) is 6.20 Å². The van der Waals surface area contributed by atoms with Gasteiger partial charge in [0.1, 0.15) is 5.82 Å². The number of nitrogens with zero attached hydrogens (tertiary/aromatic N) is 2. The summed E-state index contributed by atoms with van der Waals surface area (Å²) < 4.78 is 8.27. The Labute approximate surface area is 90.6 Å². The predicted molar refractivity (Wildman–Crippen MR) is 58.4 cm³/mol. The van der Waals surface area contributed by atoms with E-state index in [1.165, 1.54) is 0 Å². The lowest BCUT2D eigenvalue weighted by atomic mass is 10.1. The van der Waals surface area contributed by atoms with Crippen LogP contribution in [0.4, 0.5) is 5.82 Å². The van der Waals surface area contributed by atoms with Gasteiger partial charge < -0.3 is 10.5 Å². The van der Waals surface area contributed by atoms with E-state index in [0.29, 0.717) is 6.04 Å². The maximum Gasteiger partial charge on any atom is 0.135 e. The summed E-state index contributed by atoms with van der Waals surface area (Å²) in [5.41, 5.74) is 5.87. The van der Waals surface area contributed by atoms with Gasteiger partial charge in [-0.05, 0) is 35.4 Å². The third kappa shape index (κ3) is 1.80. The van der Waals surface area contributed by atoms with Crippen molar-refractivity contribution in [2.75, 3.05) is 18.9 Å². The summed E-state index contributed by atoms with van der Waals surface area (Å²) in [6.07, 6.45) is 4.01. The Bertz CT molecular complexity index is 294. The second kappa shape index (κ2) is 3.83. The minimum absolute atomic E-state index is 0.331. The summed E-state index contributed by atoms with van der Waals surface area (Å²) in [6, 6.07) is 0.331. The first-order valence-corrected chi connectivity index (χ1v) is 5.43. The van der Waals surface area contributed by atoms with Gasteiger partial charge in [-0.3, -0.25) is 0 Å². The van der Waals surface area contributed by atoms with Gasteiger partial charge in [0, 0.05) is 6.61 Å². The summed E-state index contributed by atoms with van der Waals surface area (Å²) in [6.45, 7) is 1.61. The van der Waals surface area contributed by atoms with E-state index in [1.807, 2.05) is 4.68 Å². The highest BCUT2D eigenvalue weighted by molar-refractivity contribution is 14.1. The molecule has 0 radical (unpaired) electrons. The minimum atomic E-state index is 0.331. The fourth-order valence-electron chi connectivity index (χ4n) is 1.56. The molecule has 0 saturated carbocycles. The molecule has 13 heavy (non-hydrogen) atoms. The lowest BCUT2D eigenvalue weighted by Gasteiger charge is -2.23. The first-order valence-electron chi connectivity index (χ1n) is 4.35. The zero-order valence-electron chi connectivity index (χ0n) is 7.24. The van der Waals surface area contributed by atoms with E-state index in [9.17, 15) is 0 Å². The molecular weight excluding hydrogens is 281 g/mol. The highest BCUT2D eigenvalue weighted by atomic mass is 127. The highest BCUT2D eigenvalue weighted by Gasteiger charge is 2.19. The van der Waals surface area contributed by atoms with E-state index in [4.69, 9.17) is 10.5 Å². The molecule has 2 heterocycles. The van der Waals surface area contributed by atoms with Crippen molar-refractivity contribution in [2.45, 2.75) is 18.9 Å². The highest BCUT2D eigenvalue weighted by Crippen LogP contribution is 2.24. The van der Waals surface area contributed by atoms with Gasteiger partial charge in [0.25, 0.3) is 0 Å². The van der Waals surface area contributed by atoms with E-state index in [0.717, 1.165) is 35.4 Å². The molecule has 1 aliphatic rings. The Kier molecular flexibility index (Phi) is 2.73. The van der Waals surface area contributed by atoms with Gasteiger partial charge in [0.2, 0.25) is 0 Å². The maximum absolute atomic E-state index is 5.87. The Morgan fingerprint density at radius 2 is 2.54 bits per heavy atom. The van der Waals surface area contributed by atoms with E-state index in [2.05, 4.69) is 27.7 Å². The lowest BCUT2D eigenvalue weighted by molar-refractivity contribution is 0.0557. The average Bonchev–Trinajstić information content (AvgIpc) is 2.49. The second-order valence-electron chi connectivity index (χ2n) is 3.19. The van der Waals surface area contributed by atoms with Crippen molar-refractivity contribution < 1.29 is 4.74 Å². The van der Waals surface area contributed by atoms with Crippen LogP contribution >= 0.6 is 22.6 Å². The largest absolute Gasteiger partial charge is 0.383 e. The van der Waals surface area contributed by atoms with Crippen LogP contribution in [-0.4, -0.2) is 23.0 Å². The molecule has 0 amide bonds. The molecule has 72 valence electrons. The molecule has 2 rings (SSSR count). The molecule has 0 bridgehead atoms. The van der Waals surface area contributed by atoms with Gasteiger partial charge in [-0.2, -0.15) is 5.10 Å². The molecule has 0 aliphatic carbocycles. The van der Waals surface area contributed by atoms with Crippen LogP contribution in [0, 0.1) is 3.57 Å². The van der Waals surface area contributed by atoms with Crippen LogP contribution in [0.5, 0.6) is 0 Å². The molecule has 2 N–H and O–H groups in total. The normalized spacial score (nSPS) is 23.3. The summed E-state index contributed by atoms with van der Waals surface area (Å²) >= 11 is 2.19. The summed E-state index contributed by atoms with van der Waals surface area (Å²) in [5, 5.41) is 4.24. The molecule has 5 heteroatoms. The topological polar surface area (TPSA) is 53.1 Å². The third-order valence-corrected chi connectivity index (χ3v) is 3.10. The minimum Gasteiger partial charge on any atom is -0.383 e. The van der Waals surface area contributed by atoms with Crippen LogP contribution in [0.15, 0.2) is 6.20 Å². The number of halogens is 1. The molecular formula is C8H12IN3O. The van der Waals surface area contributed by atoms with Crippen molar-refractivity contribution in [3.63, 3.8) is 0 Å². The molecule has 1 aromatic rings. The smallest absolute Gasteiger partial charge is 0.135 e. The van der Waals surface area contributed by atoms with Crippen molar-refractivity contribution in [2.24, 2.45) is 0 Å². The van der Waals surface area contributed by atoms with Crippen LogP contribution in [-0.2, 0) is 4.74 Å². The maximum atomic E-state index is 5.87. The first-order chi connectivity index (χ1) is 6.29. The van der Waals surface area contributed by atoms with Crippen LogP contribution in [0.3, 0.4) is 0 Å². The number of hydrogen-bond donors (Lipinski definition) is 1. The van der Waals surface area contributed by atoms with Gasteiger partial charge in [0.15, 0.2) is 0 Å². The second-order valence-corrected chi connectivity index (χ2v) is 4.36. The van der Waals surface area contributed by atoms with Gasteiger partial charge in [0.05, 0.1) is 22.4 Å². The quantitative estimate of drug-likeness (QED) is 0.797. The third-order valence-electron chi connectivity index (χ3n) is 2.27. The van der Waals surface area contributed by atoms with Crippen LogP contribution in [0.2, 0.25) is 0 Å². The standard InChI is InChI=1S/C8H12IN3O/c9-7-4-11-12(8(7)10)6-2-1-3-13-5-6/h4,6H,1-3,5,10H2. The van der Waals surface area contributed by atoms with Gasteiger partial charge in [-0.25, -0.2) is 4.68 Å². The van der Waals surface area contributed by atoms with Crippen molar-refractivity contribution in [3.8, 4) is 0 Å². The molecule has 4 nitrogen and oxygen atoms in total. The lowest BCUT2D eigenvalue weighted by Crippen LogP contribution is -2.23. The van der Waals surface area contributed by atoms with Gasteiger partial charge in [-0.1, -0.05) is 0 Å². The number of aromatic nitrogens is 2. The Morgan fingerprint density at radius 1 is 1.69 bits per heavy atom. The van der Waals surface area contributed by atoms with Crippen LogP contribution in [0.25, 0.3) is 0 Å². The Hall–Kier alpha value is -0.300. The average molecular weight is 293 g/mol. The predicted octanol–water partition coefficient (Wildman–Crippen LogP) is 1.42. The number of rotatable bonds is 1. The molecule has 0 spiro atoms. The number of hydrogen-bond acceptors (Lipinski definition) is 3. The molecule has 1 fully saturated rings. The number of ether oxygens (including phenoxy) is 1. The van der Waals surface area contributed by atoms with Crippen molar-refractivity contribution in [3.05, 3.63) is 9.77 Å². The van der Waals surface area contributed by atoms with E-state index in [-0.39, 0.29) is 0 Å². The fraction of sp³-hybridized carbons (Fsp3) is 0.625. The Balaban J connectivity index is 2.18. The van der Waals surface area contributed by atoms with E-state index < -0.39 is 0 Å². The van der Waals surface area contributed by atoms with Crippen molar-refractivity contribution in [1.29, 1.82) is 0 Å².